The van der Waals surface area contributed by atoms with Crippen LogP contribution in [-0.2, 0) is 0 Å². The average Bonchev–Trinajstić information content (AvgIpc) is 2.17. The number of hydrogen-bond donors (Lipinski definition) is 0. The molecule has 0 saturated carbocycles. The topological polar surface area (TPSA) is 23.8 Å². The van der Waals surface area contributed by atoms with Gasteiger partial charge >= 0.3 is 0 Å². The van der Waals surface area contributed by atoms with Gasteiger partial charge in [0.2, 0.25) is 0 Å². The maximum Gasteiger partial charge on any atom is 0.138 e. The summed E-state index contributed by atoms with van der Waals surface area (Å²) in [6.45, 7) is 2.02. The first-order valence-corrected chi connectivity index (χ1v) is 4.83. The lowest BCUT2D eigenvalue weighted by molar-refractivity contribution is 1.28. The van der Waals surface area contributed by atoms with E-state index in [-0.39, 0.29) is 0 Å². The number of rotatable bonds is 1. The number of benzene rings is 1. The molecule has 0 radical (unpaired) electrons. The quantitative estimate of drug-likeness (QED) is 0.383. The van der Waals surface area contributed by atoms with E-state index >= 15 is 0 Å². The van der Waals surface area contributed by atoms with Gasteiger partial charge in [0.25, 0.3) is 0 Å². The molecule has 0 aliphatic carbocycles. The summed E-state index contributed by atoms with van der Waals surface area (Å²) in [5.41, 5.74) is 1.00. The molecule has 1 aromatic carbocycles. The summed E-state index contributed by atoms with van der Waals surface area (Å²) in [4.78, 5) is 0.963. The molecule has 0 spiro atoms. The maximum atomic E-state index is 8.42. The summed E-state index contributed by atoms with van der Waals surface area (Å²) in [6.07, 6.45) is 0.870. The normalized spacial score (nSPS) is 8.31. The van der Waals surface area contributed by atoms with Crippen molar-refractivity contribution in [3.05, 3.63) is 29.8 Å². The lowest BCUT2D eigenvalue weighted by Gasteiger charge is -1.92. The van der Waals surface area contributed by atoms with Crippen LogP contribution in [0.2, 0.25) is 0 Å². The van der Waals surface area contributed by atoms with E-state index in [4.69, 9.17) is 5.26 Å². The van der Waals surface area contributed by atoms with Crippen molar-refractivity contribution in [2.24, 2.45) is 0 Å². The van der Waals surface area contributed by atoms with Gasteiger partial charge < -0.3 is 0 Å². The molecular formula is C11H9NS. The second-order valence-corrected chi connectivity index (χ2v) is 3.23. The summed E-state index contributed by atoms with van der Waals surface area (Å²) >= 11 is 1.17. The van der Waals surface area contributed by atoms with E-state index in [1.165, 1.54) is 11.8 Å². The molecule has 0 aliphatic rings. The minimum atomic E-state index is 0.870. The third-order valence-corrected chi connectivity index (χ3v) is 2.03. The monoisotopic (exact) mass is 187 g/mol. The highest BCUT2D eigenvalue weighted by Gasteiger charge is 1.91. The van der Waals surface area contributed by atoms with Crippen molar-refractivity contribution in [1.29, 1.82) is 5.26 Å². The van der Waals surface area contributed by atoms with Crippen molar-refractivity contribution in [1.82, 2.24) is 0 Å². The molecule has 0 aromatic heterocycles. The van der Waals surface area contributed by atoms with E-state index in [0.717, 1.165) is 16.9 Å². The Balaban J connectivity index is 2.76. The van der Waals surface area contributed by atoms with Crippen molar-refractivity contribution in [2.45, 2.75) is 18.2 Å². The van der Waals surface area contributed by atoms with Gasteiger partial charge in [0.15, 0.2) is 0 Å². The maximum absolute atomic E-state index is 8.42. The zero-order chi connectivity index (χ0) is 9.52. The lowest BCUT2D eigenvalue weighted by Crippen LogP contribution is -1.73. The van der Waals surface area contributed by atoms with E-state index in [1.54, 1.807) is 0 Å². The fourth-order valence-corrected chi connectivity index (χ4v) is 1.23. The Labute approximate surface area is 82.8 Å². The average molecular weight is 187 g/mol. The van der Waals surface area contributed by atoms with Crippen LogP contribution in [0.1, 0.15) is 18.9 Å². The Kier molecular flexibility index (Phi) is 3.96. The molecule has 64 valence electrons. The Morgan fingerprint density at radius 3 is 2.54 bits per heavy atom. The van der Waals surface area contributed by atoms with Crippen LogP contribution in [0.4, 0.5) is 0 Å². The predicted octanol–water partition coefficient (Wildman–Crippen LogP) is 3.02. The first kappa shape index (κ1) is 9.71. The molecule has 0 N–H and O–H groups in total. The number of thiocyanates is 1. The molecule has 0 atom stereocenters. The molecule has 0 heterocycles. The molecule has 1 aromatic rings. The molecule has 13 heavy (non-hydrogen) atoms. The van der Waals surface area contributed by atoms with E-state index < -0.39 is 0 Å². The van der Waals surface area contributed by atoms with Crippen molar-refractivity contribution < 1.29 is 0 Å². The van der Waals surface area contributed by atoms with Crippen molar-refractivity contribution in [2.75, 3.05) is 0 Å². The number of nitrogens with zero attached hydrogens (tertiary/aromatic N) is 1. The molecule has 0 aliphatic heterocycles. The van der Waals surface area contributed by atoms with Crippen LogP contribution in [0.5, 0.6) is 0 Å². The summed E-state index contributed by atoms with van der Waals surface area (Å²) in [5, 5.41) is 10.4. The molecule has 0 saturated heterocycles. The van der Waals surface area contributed by atoms with E-state index in [0.29, 0.717) is 0 Å². The molecule has 0 unspecified atom stereocenters. The van der Waals surface area contributed by atoms with Crippen LogP contribution in [-0.4, -0.2) is 0 Å². The predicted molar refractivity (Wildman–Crippen MR) is 55.1 cm³/mol. The Bertz CT molecular complexity index is 362. The SMILES string of the molecule is CCC#Cc1ccc(SC#N)cc1. The summed E-state index contributed by atoms with van der Waals surface area (Å²) < 4.78 is 0. The first-order chi connectivity index (χ1) is 6.36. The second kappa shape index (κ2) is 5.30. The Morgan fingerprint density at radius 1 is 1.31 bits per heavy atom. The third kappa shape index (κ3) is 3.23. The van der Waals surface area contributed by atoms with Crippen molar-refractivity contribution >= 4 is 11.8 Å². The highest BCUT2D eigenvalue weighted by atomic mass is 32.2. The summed E-state index contributed by atoms with van der Waals surface area (Å²) in [5.74, 6) is 6.02. The van der Waals surface area contributed by atoms with Crippen LogP contribution in [0, 0.1) is 22.5 Å². The van der Waals surface area contributed by atoms with Crippen LogP contribution in [0.25, 0.3) is 0 Å². The number of nitriles is 1. The van der Waals surface area contributed by atoms with Crippen LogP contribution >= 0.6 is 11.8 Å². The summed E-state index contributed by atoms with van der Waals surface area (Å²) in [7, 11) is 0. The van der Waals surface area contributed by atoms with Gasteiger partial charge in [0.05, 0.1) is 0 Å². The van der Waals surface area contributed by atoms with Gasteiger partial charge in [-0.1, -0.05) is 18.8 Å². The molecule has 0 amide bonds. The molecule has 1 rings (SSSR count). The van der Waals surface area contributed by atoms with E-state index in [9.17, 15) is 0 Å². The lowest BCUT2D eigenvalue weighted by atomic mass is 10.2. The fourth-order valence-electron chi connectivity index (χ4n) is 0.849. The molecule has 0 fully saturated rings. The van der Waals surface area contributed by atoms with Gasteiger partial charge in [-0.25, -0.2) is 0 Å². The van der Waals surface area contributed by atoms with Gasteiger partial charge in [-0.15, -0.1) is 0 Å². The molecule has 2 heteroatoms. The molecule has 0 bridgehead atoms. The van der Waals surface area contributed by atoms with Crippen molar-refractivity contribution in [3.63, 3.8) is 0 Å². The zero-order valence-electron chi connectivity index (χ0n) is 7.37. The van der Waals surface area contributed by atoms with Gasteiger partial charge in [-0.2, -0.15) is 5.26 Å². The van der Waals surface area contributed by atoms with Gasteiger partial charge in [0.1, 0.15) is 5.40 Å². The largest absolute Gasteiger partial charge is 0.185 e. The second-order valence-electron chi connectivity index (χ2n) is 2.37. The van der Waals surface area contributed by atoms with Gasteiger partial charge in [-0.05, 0) is 36.0 Å². The van der Waals surface area contributed by atoms with E-state index in [2.05, 4.69) is 11.8 Å². The molecular weight excluding hydrogens is 178 g/mol. The van der Waals surface area contributed by atoms with Crippen molar-refractivity contribution in [3.8, 4) is 17.2 Å². The minimum absolute atomic E-state index is 0.870. The fraction of sp³-hybridized carbons (Fsp3) is 0.182. The Morgan fingerprint density at radius 2 is 2.00 bits per heavy atom. The minimum Gasteiger partial charge on any atom is -0.185 e. The van der Waals surface area contributed by atoms with Crippen LogP contribution in [0.3, 0.4) is 0 Å². The number of thioether (sulfide) groups is 1. The van der Waals surface area contributed by atoms with Gasteiger partial charge in [-0.3, -0.25) is 0 Å². The number of hydrogen-bond acceptors (Lipinski definition) is 2. The summed E-state index contributed by atoms with van der Waals surface area (Å²) in [6, 6.07) is 7.69. The zero-order valence-corrected chi connectivity index (χ0v) is 8.19. The van der Waals surface area contributed by atoms with E-state index in [1.807, 2.05) is 36.6 Å². The first-order valence-electron chi connectivity index (χ1n) is 4.01. The highest BCUT2D eigenvalue weighted by molar-refractivity contribution is 8.03. The smallest absolute Gasteiger partial charge is 0.138 e. The highest BCUT2D eigenvalue weighted by Crippen LogP contribution is 2.16. The standard InChI is InChI=1S/C11H9NS/c1-2-3-4-10-5-7-11(8-6-10)13-9-12/h5-8H,2H2,1H3. The van der Waals surface area contributed by atoms with Crippen LogP contribution in [0.15, 0.2) is 29.2 Å². The third-order valence-electron chi connectivity index (χ3n) is 1.43. The Hall–Kier alpha value is -1.38. The molecule has 1 nitrogen and oxygen atoms in total. The van der Waals surface area contributed by atoms with Gasteiger partial charge in [0, 0.05) is 16.9 Å². The van der Waals surface area contributed by atoms with Crippen LogP contribution < -0.4 is 0 Å².